The zero-order valence-corrected chi connectivity index (χ0v) is 8.94. The number of nitrogens with one attached hydrogen (secondary N) is 1. The molecule has 1 heterocycles. The van der Waals surface area contributed by atoms with Gasteiger partial charge < -0.3 is 5.73 Å². The number of hydrogen-bond donors (Lipinski definition) is 2. The molecule has 0 saturated carbocycles. The summed E-state index contributed by atoms with van der Waals surface area (Å²) in [6.07, 6.45) is 0.975. The molecular weight excluding hydrogens is 162 g/mol. The highest BCUT2D eigenvalue weighted by atomic mass is 15.1. The summed E-state index contributed by atoms with van der Waals surface area (Å²) in [4.78, 5) is 0. The van der Waals surface area contributed by atoms with Crippen LogP contribution in [-0.4, -0.2) is 16.7 Å². The fourth-order valence-electron chi connectivity index (χ4n) is 1.54. The van der Waals surface area contributed by atoms with E-state index in [-0.39, 0.29) is 5.41 Å². The average Bonchev–Trinajstić information content (AvgIpc) is 2.47. The number of H-pyrrole nitrogens is 1. The van der Waals surface area contributed by atoms with Gasteiger partial charge in [0.2, 0.25) is 0 Å². The Morgan fingerprint density at radius 3 is 2.46 bits per heavy atom. The molecule has 0 aliphatic rings. The normalized spacial score (nSPS) is 12.1. The lowest BCUT2D eigenvalue weighted by molar-refractivity contribution is 0.517. The van der Waals surface area contributed by atoms with Crippen LogP contribution in [0.15, 0.2) is 0 Å². The fraction of sp³-hybridized carbons (Fsp3) is 0.700. The van der Waals surface area contributed by atoms with Gasteiger partial charge in [0.1, 0.15) is 0 Å². The minimum atomic E-state index is 0.00447. The summed E-state index contributed by atoms with van der Waals surface area (Å²) in [6.45, 7) is 9.12. The molecule has 0 aliphatic heterocycles. The maximum Gasteiger partial charge on any atom is 0.0651 e. The summed E-state index contributed by atoms with van der Waals surface area (Å²) in [7, 11) is 0. The highest BCUT2D eigenvalue weighted by molar-refractivity contribution is 5.29. The zero-order chi connectivity index (χ0) is 10.1. The van der Waals surface area contributed by atoms with E-state index in [0.717, 1.165) is 12.1 Å². The standard InChI is InChI=1S/C10H19N3/c1-5-8-7(2)9(13-12-8)10(3,4)6-11/h5-6,11H2,1-4H3,(H,12,13). The SMILES string of the molecule is CCc1n[nH]c(C(C)(C)CN)c1C. The van der Waals surface area contributed by atoms with E-state index in [1.807, 2.05) is 0 Å². The van der Waals surface area contributed by atoms with Crippen molar-refractivity contribution in [2.75, 3.05) is 6.54 Å². The van der Waals surface area contributed by atoms with Crippen LogP contribution in [0.1, 0.15) is 37.7 Å². The lowest BCUT2D eigenvalue weighted by atomic mass is 9.87. The third kappa shape index (κ3) is 1.75. The van der Waals surface area contributed by atoms with Gasteiger partial charge in [-0.1, -0.05) is 20.8 Å². The molecule has 0 bridgehead atoms. The summed E-state index contributed by atoms with van der Waals surface area (Å²) < 4.78 is 0. The summed E-state index contributed by atoms with van der Waals surface area (Å²) in [5.74, 6) is 0. The van der Waals surface area contributed by atoms with Crippen LogP contribution in [0.25, 0.3) is 0 Å². The Labute approximate surface area is 79.7 Å². The second kappa shape index (κ2) is 3.50. The Kier molecular flexibility index (Phi) is 2.76. The van der Waals surface area contributed by atoms with Gasteiger partial charge in [-0.05, 0) is 18.9 Å². The van der Waals surface area contributed by atoms with E-state index in [1.54, 1.807) is 0 Å². The number of hydrogen-bond acceptors (Lipinski definition) is 2. The molecule has 0 radical (unpaired) electrons. The molecule has 13 heavy (non-hydrogen) atoms. The van der Waals surface area contributed by atoms with Gasteiger partial charge in [-0.3, -0.25) is 5.10 Å². The molecule has 0 unspecified atom stereocenters. The third-order valence-electron chi connectivity index (χ3n) is 2.63. The molecule has 0 fully saturated rings. The number of nitrogens with zero attached hydrogens (tertiary/aromatic N) is 1. The van der Waals surface area contributed by atoms with Crippen molar-refractivity contribution >= 4 is 0 Å². The average molecular weight is 181 g/mol. The van der Waals surface area contributed by atoms with Crippen molar-refractivity contribution in [3.05, 3.63) is 17.0 Å². The van der Waals surface area contributed by atoms with Gasteiger partial charge in [0.05, 0.1) is 5.69 Å². The smallest absolute Gasteiger partial charge is 0.0651 e. The minimum Gasteiger partial charge on any atom is -0.330 e. The highest BCUT2D eigenvalue weighted by Crippen LogP contribution is 2.24. The first kappa shape index (κ1) is 10.3. The van der Waals surface area contributed by atoms with Crippen LogP contribution in [-0.2, 0) is 11.8 Å². The van der Waals surface area contributed by atoms with Crippen LogP contribution in [0.5, 0.6) is 0 Å². The summed E-state index contributed by atoms with van der Waals surface area (Å²) in [6, 6.07) is 0. The van der Waals surface area contributed by atoms with Crippen molar-refractivity contribution < 1.29 is 0 Å². The molecule has 1 aromatic rings. The van der Waals surface area contributed by atoms with Crippen LogP contribution in [0.4, 0.5) is 0 Å². The molecule has 1 rings (SSSR count). The van der Waals surface area contributed by atoms with Gasteiger partial charge in [-0.2, -0.15) is 5.10 Å². The third-order valence-corrected chi connectivity index (χ3v) is 2.63. The van der Waals surface area contributed by atoms with Crippen molar-refractivity contribution in [1.29, 1.82) is 0 Å². The molecule has 0 saturated heterocycles. The van der Waals surface area contributed by atoms with Gasteiger partial charge in [-0.25, -0.2) is 0 Å². The molecule has 74 valence electrons. The van der Waals surface area contributed by atoms with E-state index in [2.05, 4.69) is 37.9 Å². The maximum atomic E-state index is 5.71. The first-order chi connectivity index (χ1) is 6.03. The molecule has 3 nitrogen and oxygen atoms in total. The quantitative estimate of drug-likeness (QED) is 0.742. The number of aryl methyl sites for hydroxylation is 1. The van der Waals surface area contributed by atoms with Gasteiger partial charge in [0.25, 0.3) is 0 Å². The van der Waals surface area contributed by atoms with Crippen molar-refractivity contribution in [2.45, 2.75) is 39.5 Å². The Hall–Kier alpha value is -0.830. The van der Waals surface area contributed by atoms with Crippen molar-refractivity contribution in [1.82, 2.24) is 10.2 Å². The lowest BCUT2D eigenvalue weighted by Gasteiger charge is -2.21. The molecule has 0 amide bonds. The zero-order valence-electron chi connectivity index (χ0n) is 8.94. The molecule has 0 aliphatic carbocycles. The van der Waals surface area contributed by atoms with Crippen LogP contribution < -0.4 is 5.73 Å². The largest absolute Gasteiger partial charge is 0.330 e. The minimum absolute atomic E-state index is 0.00447. The van der Waals surface area contributed by atoms with E-state index in [1.165, 1.54) is 11.3 Å². The molecule has 0 atom stereocenters. The number of aromatic amines is 1. The lowest BCUT2D eigenvalue weighted by Crippen LogP contribution is -2.29. The Bertz CT molecular complexity index is 286. The monoisotopic (exact) mass is 181 g/mol. The Morgan fingerprint density at radius 1 is 1.46 bits per heavy atom. The van der Waals surface area contributed by atoms with E-state index < -0.39 is 0 Å². The van der Waals surface area contributed by atoms with Crippen molar-refractivity contribution in [3.8, 4) is 0 Å². The van der Waals surface area contributed by atoms with Gasteiger partial charge in [-0.15, -0.1) is 0 Å². The highest BCUT2D eigenvalue weighted by Gasteiger charge is 2.23. The van der Waals surface area contributed by atoms with Crippen LogP contribution in [0.2, 0.25) is 0 Å². The van der Waals surface area contributed by atoms with E-state index in [9.17, 15) is 0 Å². The molecule has 0 aromatic carbocycles. The predicted octanol–water partition coefficient (Wildman–Crippen LogP) is 1.52. The Morgan fingerprint density at radius 2 is 2.08 bits per heavy atom. The van der Waals surface area contributed by atoms with Crippen LogP contribution in [0, 0.1) is 6.92 Å². The number of aromatic nitrogens is 2. The second-order valence-electron chi connectivity index (χ2n) is 4.11. The summed E-state index contributed by atoms with van der Waals surface area (Å²) in [5, 5.41) is 7.35. The van der Waals surface area contributed by atoms with Gasteiger partial charge in [0.15, 0.2) is 0 Å². The predicted molar refractivity (Wildman–Crippen MR) is 54.8 cm³/mol. The Balaban J connectivity index is 3.09. The second-order valence-corrected chi connectivity index (χ2v) is 4.11. The number of rotatable bonds is 3. The first-order valence-electron chi connectivity index (χ1n) is 4.77. The van der Waals surface area contributed by atoms with Crippen LogP contribution >= 0.6 is 0 Å². The van der Waals surface area contributed by atoms with Crippen molar-refractivity contribution in [2.24, 2.45) is 5.73 Å². The molecule has 0 spiro atoms. The fourth-order valence-corrected chi connectivity index (χ4v) is 1.54. The van der Waals surface area contributed by atoms with Crippen LogP contribution in [0.3, 0.4) is 0 Å². The topological polar surface area (TPSA) is 54.7 Å². The molecule has 3 N–H and O–H groups in total. The maximum absolute atomic E-state index is 5.71. The molecule has 3 heteroatoms. The van der Waals surface area contributed by atoms with Crippen molar-refractivity contribution in [3.63, 3.8) is 0 Å². The summed E-state index contributed by atoms with van der Waals surface area (Å²) in [5.41, 5.74) is 9.30. The molecule has 1 aromatic heterocycles. The summed E-state index contributed by atoms with van der Waals surface area (Å²) >= 11 is 0. The van der Waals surface area contributed by atoms with E-state index in [0.29, 0.717) is 6.54 Å². The first-order valence-corrected chi connectivity index (χ1v) is 4.77. The van der Waals surface area contributed by atoms with E-state index >= 15 is 0 Å². The number of nitrogens with two attached hydrogens (primary N) is 1. The van der Waals surface area contributed by atoms with Gasteiger partial charge in [0, 0.05) is 17.7 Å². The van der Waals surface area contributed by atoms with E-state index in [4.69, 9.17) is 5.73 Å². The van der Waals surface area contributed by atoms with Gasteiger partial charge >= 0.3 is 0 Å². The molecular formula is C10H19N3.